The minimum Gasteiger partial charge on any atom is -0.379 e. The van der Waals surface area contributed by atoms with E-state index in [-0.39, 0.29) is 17.7 Å². The second-order valence-corrected chi connectivity index (χ2v) is 7.20. The first-order chi connectivity index (χ1) is 13.2. The number of nitrogens with one attached hydrogen (secondary N) is 1. The molecule has 0 unspecified atom stereocenters. The van der Waals surface area contributed by atoms with Gasteiger partial charge in [-0.1, -0.05) is 30.3 Å². The molecule has 1 aromatic heterocycles. The molecule has 2 aromatic rings. The highest BCUT2D eigenvalue weighted by Gasteiger charge is 2.35. The van der Waals surface area contributed by atoms with Crippen molar-refractivity contribution in [2.24, 2.45) is 0 Å². The van der Waals surface area contributed by atoms with Crippen LogP contribution in [0.25, 0.3) is 0 Å². The summed E-state index contributed by atoms with van der Waals surface area (Å²) in [5.41, 5.74) is 2.19. The normalized spacial score (nSPS) is 23.0. The van der Waals surface area contributed by atoms with Crippen molar-refractivity contribution in [3.05, 3.63) is 58.4 Å². The van der Waals surface area contributed by atoms with E-state index in [1.54, 1.807) is 13.2 Å². The van der Waals surface area contributed by atoms with Crippen LogP contribution in [-0.2, 0) is 15.9 Å². The Morgan fingerprint density at radius 2 is 1.93 bits per heavy atom. The van der Waals surface area contributed by atoms with E-state index in [0.717, 1.165) is 44.0 Å². The third-order valence-electron chi connectivity index (χ3n) is 5.57. The molecule has 0 aliphatic carbocycles. The number of H-pyrrole nitrogens is 1. The molecule has 0 radical (unpaired) electrons. The summed E-state index contributed by atoms with van der Waals surface area (Å²) in [6.07, 6.45) is 2.00. The molecule has 0 bridgehead atoms. The Bertz CT molecular complexity index is 802. The molecule has 2 saturated heterocycles. The van der Waals surface area contributed by atoms with Crippen LogP contribution in [0.2, 0.25) is 0 Å². The molecule has 144 valence electrons. The SMILES string of the molecule is CO[C@H]1CCN(c2cc(N3CCOCC3)cc(=O)[nH]2)[C@@H]1Cc1ccccc1. The molecular formula is C21H27N3O3. The van der Waals surface area contributed by atoms with Gasteiger partial charge in [-0.15, -0.1) is 0 Å². The van der Waals surface area contributed by atoms with Crippen molar-refractivity contribution in [3.63, 3.8) is 0 Å². The summed E-state index contributed by atoms with van der Waals surface area (Å²) >= 11 is 0. The molecule has 6 nitrogen and oxygen atoms in total. The first-order valence-corrected chi connectivity index (χ1v) is 9.65. The molecule has 2 aliphatic heterocycles. The summed E-state index contributed by atoms with van der Waals surface area (Å²) in [6, 6.07) is 14.5. The number of benzene rings is 1. The van der Waals surface area contributed by atoms with E-state index >= 15 is 0 Å². The topological polar surface area (TPSA) is 57.8 Å². The lowest BCUT2D eigenvalue weighted by molar-refractivity contribution is 0.0953. The third-order valence-corrected chi connectivity index (χ3v) is 5.57. The lowest BCUT2D eigenvalue weighted by atomic mass is 10.0. The zero-order chi connectivity index (χ0) is 18.6. The van der Waals surface area contributed by atoms with Gasteiger partial charge in [-0.25, -0.2) is 0 Å². The highest BCUT2D eigenvalue weighted by molar-refractivity contribution is 5.56. The van der Waals surface area contributed by atoms with Crippen LogP contribution in [-0.4, -0.2) is 57.1 Å². The van der Waals surface area contributed by atoms with Gasteiger partial charge in [0.25, 0.3) is 5.56 Å². The van der Waals surface area contributed by atoms with Gasteiger partial charge in [0.1, 0.15) is 5.82 Å². The number of hydrogen-bond donors (Lipinski definition) is 1. The number of ether oxygens (including phenoxy) is 2. The number of aromatic nitrogens is 1. The van der Waals surface area contributed by atoms with Gasteiger partial charge >= 0.3 is 0 Å². The predicted molar refractivity (Wildman–Crippen MR) is 107 cm³/mol. The first kappa shape index (κ1) is 18.1. The lowest BCUT2D eigenvalue weighted by Gasteiger charge is -2.32. The molecule has 2 atom stereocenters. The Balaban J connectivity index is 1.62. The number of methoxy groups -OCH3 is 1. The standard InChI is InChI=1S/C21H27N3O3/c1-26-19-7-8-24(18(19)13-16-5-3-2-4-6-16)20-14-17(15-21(25)22-20)23-9-11-27-12-10-23/h2-6,14-15,18-19H,7-13H2,1H3,(H,22,25)/t18-,19+/m1/s1. The summed E-state index contributed by atoms with van der Waals surface area (Å²) in [4.78, 5) is 19.9. The van der Waals surface area contributed by atoms with Crippen molar-refractivity contribution in [1.82, 2.24) is 4.98 Å². The van der Waals surface area contributed by atoms with Crippen molar-refractivity contribution < 1.29 is 9.47 Å². The van der Waals surface area contributed by atoms with Crippen molar-refractivity contribution in [2.45, 2.75) is 25.0 Å². The number of anilines is 2. The van der Waals surface area contributed by atoms with E-state index in [0.29, 0.717) is 13.2 Å². The molecule has 6 heteroatoms. The van der Waals surface area contributed by atoms with E-state index in [9.17, 15) is 4.79 Å². The van der Waals surface area contributed by atoms with Gasteiger partial charge in [-0.05, 0) is 18.4 Å². The number of hydrogen-bond acceptors (Lipinski definition) is 5. The Labute approximate surface area is 159 Å². The molecule has 4 rings (SSSR count). The molecule has 0 spiro atoms. The molecule has 1 aromatic carbocycles. The van der Waals surface area contributed by atoms with Crippen LogP contribution in [0.1, 0.15) is 12.0 Å². The van der Waals surface area contributed by atoms with Crippen molar-refractivity contribution in [2.75, 3.05) is 49.8 Å². The van der Waals surface area contributed by atoms with E-state index in [1.807, 2.05) is 6.07 Å². The fourth-order valence-corrected chi connectivity index (χ4v) is 4.17. The summed E-state index contributed by atoms with van der Waals surface area (Å²) in [5.74, 6) is 0.879. The lowest BCUT2D eigenvalue weighted by Crippen LogP contribution is -2.40. The summed E-state index contributed by atoms with van der Waals surface area (Å²) in [7, 11) is 1.78. The van der Waals surface area contributed by atoms with Gasteiger partial charge in [0.05, 0.1) is 25.4 Å². The third kappa shape index (κ3) is 4.01. The maximum Gasteiger partial charge on any atom is 0.251 e. The largest absolute Gasteiger partial charge is 0.379 e. The fourth-order valence-electron chi connectivity index (χ4n) is 4.17. The Morgan fingerprint density at radius 3 is 2.67 bits per heavy atom. The van der Waals surface area contributed by atoms with Gasteiger partial charge in [-0.2, -0.15) is 0 Å². The first-order valence-electron chi connectivity index (χ1n) is 9.65. The highest BCUT2D eigenvalue weighted by Crippen LogP contribution is 2.30. The van der Waals surface area contributed by atoms with Crippen molar-refractivity contribution in [1.29, 1.82) is 0 Å². The maximum atomic E-state index is 12.4. The van der Waals surface area contributed by atoms with E-state index in [1.165, 1.54) is 5.56 Å². The molecule has 0 amide bonds. The van der Waals surface area contributed by atoms with Crippen LogP contribution in [0, 0.1) is 0 Å². The number of morpholine rings is 1. The number of pyridine rings is 1. The maximum absolute atomic E-state index is 12.4. The van der Waals surface area contributed by atoms with Gasteiger partial charge in [0, 0.05) is 44.6 Å². The zero-order valence-electron chi connectivity index (χ0n) is 15.8. The van der Waals surface area contributed by atoms with Crippen LogP contribution in [0.15, 0.2) is 47.3 Å². The van der Waals surface area contributed by atoms with Gasteiger partial charge in [-0.3, -0.25) is 4.79 Å². The van der Waals surface area contributed by atoms with Gasteiger partial charge in [0.2, 0.25) is 0 Å². The second-order valence-electron chi connectivity index (χ2n) is 7.20. The van der Waals surface area contributed by atoms with E-state index < -0.39 is 0 Å². The van der Waals surface area contributed by atoms with Crippen LogP contribution in [0.5, 0.6) is 0 Å². The summed E-state index contributed by atoms with van der Waals surface area (Å²) in [6.45, 7) is 3.91. The van der Waals surface area contributed by atoms with Crippen molar-refractivity contribution >= 4 is 11.5 Å². The number of rotatable bonds is 5. The van der Waals surface area contributed by atoms with Crippen molar-refractivity contribution in [3.8, 4) is 0 Å². The Hall–Kier alpha value is -2.31. The van der Waals surface area contributed by atoms with Crippen LogP contribution >= 0.6 is 0 Å². The minimum atomic E-state index is -0.0617. The van der Waals surface area contributed by atoms with E-state index in [2.05, 4.69) is 45.1 Å². The van der Waals surface area contributed by atoms with Gasteiger partial charge < -0.3 is 24.3 Å². The van der Waals surface area contributed by atoms with Crippen LogP contribution in [0.3, 0.4) is 0 Å². The Kier molecular flexibility index (Phi) is 5.45. The van der Waals surface area contributed by atoms with Crippen LogP contribution in [0.4, 0.5) is 11.5 Å². The second kappa shape index (κ2) is 8.15. The molecule has 2 fully saturated rings. The molecule has 27 heavy (non-hydrogen) atoms. The van der Waals surface area contributed by atoms with Gasteiger partial charge in [0.15, 0.2) is 0 Å². The molecule has 3 heterocycles. The minimum absolute atomic E-state index is 0.0617. The molecule has 2 aliphatic rings. The average molecular weight is 369 g/mol. The average Bonchev–Trinajstić information content (AvgIpc) is 3.11. The molecule has 1 N–H and O–H groups in total. The molecular weight excluding hydrogens is 342 g/mol. The highest BCUT2D eigenvalue weighted by atomic mass is 16.5. The zero-order valence-corrected chi connectivity index (χ0v) is 15.8. The Morgan fingerprint density at radius 1 is 1.15 bits per heavy atom. The smallest absolute Gasteiger partial charge is 0.251 e. The quantitative estimate of drug-likeness (QED) is 0.874. The van der Waals surface area contributed by atoms with E-state index in [4.69, 9.17) is 9.47 Å². The number of aromatic amines is 1. The predicted octanol–water partition coefficient (Wildman–Crippen LogP) is 2.05. The summed E-state index contributed by atoms with van der Waals surface area (Å²) in [5, 5.41) is 0. The van der Waals surface area contributed by atoms with Crippen LogP contribution < -0.4 is 15.4 Å². The summed E-state index contributed by atoms with van der Waals surface area (Å²) < 4.78 is 11.2. The molecule has 0 saturated carbocycles. The monoisotopic (exact) mass is 369 g/mol. The fraction of sp³-hybridized carbons (Fsp3) is 0.476. The number of nitrogens with zero attached hydrogens (tertiary/aromatic N) is 2.